The van der Waals surface area contributed by atoms with Crippen LogP contribution in [0.5, 0.6) is 0 Å². The third-order valence-electron chi connectivity index (χ3n) is 3.41. The number of benzene rings is 2. The Bertz CT molecular complexity index is 941. The van der Waals surface area contributed by atoms with Gasteiger partial charge in [-0.05, 0) is 42.3 Å². The van der Waals surface area contributed by atoms with Crippen LogP contribution in [0.3, 0.4) is 0 Å². The van der Waals surface area contributed by atoms with E-state index in [0.717, 1.165) is 11.1 Å². The Hall–Kier alpha value is -2.99. The van der Waals surface area contributed by atoms with Crippen molar-refractivity contribution in [3.05, 3.63) is 83.4 Å². The fraction of sp³-hybridized carbons (Fsp3) is 0.100. The number of ether oxygens (including phenoxy) is 1. The van der Waals surface area contributed by atoms with Crippen LogP contribution in [0.2, 0.25) is 0 Å². The maximum absolute atomic E-state index is 12.4. The normalized spacial score (nSPS) is 12.6. The molecule has 0 atom stereocenters. The van der Waals surface area contributed by atoms with Crippen molar-refractivity contribution in [2.45, 2.75) is 11.8 Å². The zero-order chi connectivity index (χ0) is 19.0. The summed E-state index contributed by atoms with van der Waals surface area (Å²) in [6.07, 6.45) is 5.58. The van der Waals surface area contributed by atoms with Gasteiger partial charge in [0.1, 0.15) is 0 Å². The molecule has 0 unspecified atom stereocenters. The van der Waals surface area contributed by atoms with Crippen molar-refractivity contribution in [1.82, 2.24) is 0 Å². The first-order valence-corrected chi connectivity index (χ1v) is 9.24. The molecule has 134 valence electrons. The monoisotopic (exact) mass is 369 g/mol. The van der Waals surface area contributed by atoms with Crippen molar-refractivity contribution in [3.63, 3.8) is 0 Å². The number of carbonyl (C=O) groups excluding carboxylic acids is 1. The number of hydrogen-bond donors (Lipinski definition) is 0. The molecule has 5 nitrogen and oxygen atoms in total. The summed E-state index contributed by atoms with van der Waals surface area (Å²) >= 11 is 0. The van der Waals surface area contributed by atoms with Gasteiger partial charge in [0.25, 0.3) is 10.0 Å². The summed E-state index contributed by atoms with van der Waals surface area (Å²) in [6.45, 7) is 1.87. The van der Waals surface area contributed by atoms with Crippen LogP contribution in [0.15, 0.2) is 81.6 Å². The first-order chi connectivity index (χ1) is 12.4. The maximum atomic E-state index is 12.4. The molecule has 0 heterocycles. The molecule has 0 aliphatic heterocycles. The minimum absolute atomic E-state index is 0.107. The van der Waals surface area contributed by atoms with E-state index in [9.17, 15) is 13.2 Å². The lowest BCUT2D eigenvalue weighted by molar-refractivity contribution is -0.134. The van der Waals surface area contributed by atoms with E-state index in [0.29, 0.717) is 5.57 Å². The zero-order valence-electron chi connectivity index (χ0n) is 14.5. The first-order valence-electron chi connectivity index (χ1n) is 7.80. The van der Waals surface area contributed by atoms with E-state index >= 15 is 0 Å². The second kappa shape index (κ2) is 8.92. The highest BCUT2D eigenvalue weighted by atomic mass is 32.2. The molecule has 0 spiro atoms. The second-order valence-corrected chi connectivity index (χ2v) is 7.07. The maximum Gasteiger partial charge on any atom is 0.330 e. The second-order valence-electron chi connectivity index (χ2n) is 5.43. The highest BCUT2D eigenvalue weighted by Gasteiger charge is 2.11. The van der Waals surface area contributed by atoms with Crippen LogP contribution in [-0.4, -0.2) is 27.7 Å². The summed E-state index contributed by atoms with van der Waals surface area (Å²) in [7, 11) is -2.56. The first kappa shape index (κ1) is 19.3. The molecule has 0 radical (unpaired) electrons. The Labute approximate surface area is 153 Å². The van der Waals surface area contributed by atoms with Crippen LogP contribution in [0.1, 0.15) is 11.1 Å². The van der Waals surface area contributed by atoms with E-state index in [-0.39, 0.29) is 4.90 Å². The minimum Gasteiger partial charge on any atom is -0.466 e. The highest BCUT2D eigenvalue weighted by molar-refractivity contribution is 7.90. The van der Waals surface area contributed by atoms with Gasteiger partial charge in [-0.25, -0.2) is 4.79 Å². The lowest BCUT2D eigenvalue weighted by atomic mass is 10.1. The van der Waals surface area contributed by atoms with Crippen LogP contribution >= 0.6 is 0 Å². The predicted molar refractivity (Wildman–Crippen MR) is 102 cm³/mol. The average molecular weight is 369 g/mol. The minimum atomic E-state index is -3.83. The summed E-state index contributed by atoms with van der Waals surface area (Å²) in [6, 6.07) is 15.7. The molecule has 26 heavy (non-hydrogen) atoms. The van der Waals surface area contributed by atoms with Crippen molar-refractivity contribution in [3.8, 4) is 0 Å². The molecule has 0 bridgehead atoms. The van der Waals surface area contributed by atoms with Gasteiger partial charge in [-0.15, -0.1) is 0 Å². The number of nitrogens with zero attached hydrogens (tertiary/aromatic N) is 1. The highest BCUT2D eigenvalue weighted by Crippen LogP contribution is 2.14. The van der Waals surface area contributed by atoms with Crippen LogP contribution in [0, 0.1) is 6.92 Å². The quantitative estimate of drug-likeness (QED) is 0.338. The van der Waals surface area contributed by atoms with Gasteiger partial charge in [0.2, 0.25) is 0 Å². The van der Waals surface area contributed by atoms with E-state index in [1.54, 1.807) is 18.2 Å². The van der Waals surface area contributed by atoms with E-state index in [1.807, 2.05) is 37.3 Å². The van der Waals surface area contributed by atoms with E-state index in [2.05, 4.69) is 9.13 Å². The number of sulfonamides is 1. The Morgan fingerprint density at radius 1 is 1.00 bits per heavy atom. The van der Waals surface area contributed by atoms with Gasteiger partial charge in [-0.3, -0.25) is 0 Å². The molecule has 0 fully saturated rings. The number of hydrogen-bond acceptors (Lipinski definition) is 4. The average Bonchev–Trinajstić information content (AvgIpc) is 2.65. The van der Waals surface area contributed by atoms with Gasteiger partial charge in [0.05, 0.1) is 12.0 Å². The zero-order valence-corrected chi connectivity index (χ0v) is 15.3. The fourth-order valence-electron chi connectivity index (χ4n) is 2.00. The van der Waals surface area contributed by atoms with Gasteiger partial charge < -0.3 is 4.74 Å². The van der Waals surface area contributed by atoms with Crippen molar-refractivity contribution in [1.29, 1.82) is 0 Å². The summed E-state index contributed by atoms with van der Waals surface area (Å²) in [5, 5.41) is 0. The molecule has 0 aromatic heterocycles. The number of allylic oxidation sites excluding steroid dienone is 2. The van der Waals surface area contributed by atoms with Crippen LogP contribution in [0.25, 0.3) is 6.08 Å². The standard InChI is InChI=1S/C20H19NO4S/c1-16-8-11-19(12-9-16)26(23,24)21-15-18(10-13-20(22)25-2)14-17-6-4-3-5-7-17/h3-15H,1-2H3/b13-10+,18-14+,21-15+. The molecule has 0 amide bonds. The smallest absolute Gasteiger partial charge is 0.330 e. The van der Waals surface area contributed by atoms with Gasteiger partial charge in [0.15, 0.2) is 0 Å². The molecule has 0 aliphatic rings. The molecule has 2 rings (SSSR count). The van der Waals surface area contributed by atoms with E-state index in [1.165, 1.54) is 37.6 Å². The molecule has 0 N–H and O–H groups in total. The van der Waals surface area contributed by atoms with Crippen LogP contribution in [0.4, 0.5) is 0 Å². The molecular weight excluding hydrogens is 350 g/mol. The predicted octanol–water partition coefficient (Wildman–Crippen LogP) is 3.57. The van der Waals surface area contributed by atoms with Gasteiger partial charge in [0, 0.05) is 12.3 Å². The largest absolute Gasteiger partial charge is 0.466 e. The van der Waals surface area contributed by atoms with Gasteiger partial charge in [-0.1, -0.05) is 48.0 Å². The number of aryl methyl sites for hydroxylation is 1. The van der Waals surface area contributed by atoms with E-state index < -0.39 is 16.0 Å². The van der Waals surface area contributed by atoms with Gasteiger partial charge in [-0.2, -0.15) is 12.8 Å². The number of rotatable bonds is 6. The van der Waals surface area contributed by atoms with Crippen LogP contribution < -0.4 is 0 Å². The summed E-state index contributed by atoms with van der Waals surface area (Å²) in [5.41, 5.74) is 2.24. The van der Waals surface area contributed by atoms with Gasteiger partial charge >= 0.3 is 5.97 Å². The third-order valence-corrected chi connectivity index (χ3v) is 4.66. The van der Waals surface area contributed by atoms with Crippen molar-refractivity contribution in [2.24, 2.45) is 4.40 Å². The molecule has 0 saturated heterocycles. The Kier molecular flexibility index (Phi) is 6.63. The summed E-state index contributed by atoms with van der Waals surface area (Å²) in [4.78, 5) is 11.4. The Morgan fingerprint density at radius 2 is 1.65 bits per heavy atom. The fourth-order valence-corrected chi connectivity index (χ4v) is 2.87. The molecular formula is C20H19NO4S. The van der Waals surface area contributed by atoms with E-state index in [4.69, 9.17) is 0 Å². The Morgan fingerprint density at radius 3 is 2.27 bits per heavy atom. The lowest BCUT2D eigenvalue weighted by Crippen LogP contribution is -1.98. The molecule has 0 saturated carbocycles. The topological polar surface area (TPSA) is 72.8 Å². The molecule has 2 aromatic rings. The van der Waals surface area contributed by atoms with Crippen molar-refractivity contribution < 1.29 is 17.9 Å². The SMILES string of the molecule is COC(=O)/C=C/C(/C=N/S(=O)(=O)c1ccc(C)cc1)=C\c1ccccc1. The van der Waals surface area contributed by atoms with Crippen molar-refractivity contribution in [2.75, 3.05) is 7.11 Å². The molecule has 2 aromatic carbocycles. The van der Waals surface area contributed by atoms with Crippen LogP contribution in [-0.2, 0) is 19.6 Å². The lowest BCUT2D eigenvalue weighted by Gasteiger charge is -2.00. The number of carbonyl (C=O) groups is 1. The molecule has 0 aliphatic carbocycles. The molecule has 6 heteroatoms. The third kappa shape index (κ3) is 5.82. The van der Waals surface area contributed by atoms with Crippen molar-refractivity contribution >= 4 is 28.3 Å². The number of methoxy groups -OCH3 is 1. The summed E-state index contributed by atoms with van der Waals surface area (Å²) in [5.74, 6) is -0.543. The Balaban J connectivity index is 2.34. The number of esters is 1. The summed E-state index contributed by atoms with van der Waals surface area (Å²) < 4.78 is 33.0.